The third kappa shape index (κ3) is 2.52. The first-order chi connectivity index (χ1) is 8.31. The fourth-order valence-electron chi connectivity index (χ4n) is 1.49. The van der Waals surface area contributed by atoms with Gasteiger partial charge in [-0.1, -0.05) is 30.3 Å². The number of Topliss-reactive ketones (excluding diaryl/α,β-unsaturated/α-hetero) is 1. The number of hydrogen-bond acceptors (Lipinski definition) is 3. The quantitative estimate of drug-likeness (QED) is 0.580. The molecule has 0 radical (unpaired) electrons. The highest BCUT2D eigenvalue weighted by Gasteiger charge is 2.15. The van der Waals surface area contributed by atoms with Crippen molar-refractivity contribution in [3.8, 4) is 6.07 Å². The average Bonchev–Trinajstić information content (AvgIpc) is 2.40. The summed E-state index contributed by atoms with van der Waals surface area (Å²) >= 11 is 0. The van der Waals surface area contributed by atoms with E-state index in [0.717, 1.165) is 0 Å². The van der Waals surface area contributed by atoms with Crippen molar-refractivity contribution in [1.82, 2.24) is 4.98 Å². The van der Waals surface area contributed by atoms with E-state index in [0.29, 0.717) is 11.3 Å². The van der Waals surface area contributed by atoms with Crippen LogP contribution < -0.4 is 4.57 Å². The van der Waals surface area contributed by atoms with Gasteiger partial charge in [0.15, 0.2) is 12.3 Å². The van der Waals surface area contributed by atoms with Crippen LogP contribution in [0.25, 0.3) is 0 Å². The zero-order valence-corrected chi connectivity index (χ0v) is 9.08. The lowest BCUT2D eigenvalue weighted by atomic mass is 10.1. The van der Waals surface area contributed by atoms with Crippen LogP contribution in [0.1, 0.15) is 16.1 Å². The average molecular weight is 224 g/mol. The summed E-state index contributed by atoms with van der Waals surface area (Å²) in [5, 5.41) is 8.88. The molecule has 0 N–H and O–H groups in total. The van der Waals surface area contributed by atoms with Gasteiger partial charge in [0.1, 0.15) is 6.20 Å². The molecule has 2 rings (SSSR count). The van der Waals surface area contributed by atoms with Crippen LogP contribution in [0.4, 0.5) is 0 Å². The topological polar surface area (TPSA) is 57.6 Å². The van der Waals surface area contributed by atoms with Crippen LogP contribution in [0, 0.1) is 11.3 Å². The number of nitriles is 1. The molecule has 1 aromatic carbocycles. The fraction of sp³-hybridized carbons (Fsp3) is 0.0769. The number of carbonyl (C=O) groups excluding carboxylic acids is 1. The Labute approximate surface area is 98.8 Å². The molecular weight excluding hydrogens is 214 g/mol. The second-order valence-electron chi connectivity index (χ2n) is 3.49. The van der Waals surface area contributed by atoms with Crippen LogP contribution >= 0.6 is 0 Å². The minimum atomic E-state index is -0.0294. The van der Waals surface area contributed by atoms with E-state index in [1.165, 1.54) is 6.20 Å². The number of carbonyl (C=O) groups is 1. The van der Waals surface area contributed by atoms with Crippen LogP contribution in [0.3, 0.4) is 0 Å². The summed E-state index contributed by atoms with van der Waals surface area (Å²) in [6, 6.07) is 11.0. The lowest BCUT2D eigenvalue weighted by Crippen LogP contribution is -2.40. The highest BCUT2D eigenvalue weighted by atomic mass is 16.1. The molecule has 0 fully saturated rings. The number of ketones is 1. The molecule has 4 heteroatoms. The predicted molar refractivity (Wildman–Crippen MR) is 59.9 cm³/mol. The minimum Gasteiger partial charge on any atom is -0.287 e. The van der Waals surface area contributed by atoms with Gasteiger partial charge in [-0.25, -0.2) is 0 Å². The molecule has 1 heterocycles. The number of nitrogens with zero attached hydrogens (tertiary/aromatic N) is 3. The zero-order valence-electron chi connectivity index (χ0n) is 9.08. The van der Waals surface area contributed by atoms with E-state index < -0.39 is 0 Å². The molecule has 17 heavy (non-hydrogen) atoms. The Morgan fingerprint density at radius 2 is 2.12 bits per heavy atom. The monoisotopic (exact) mass is 224 g/mol. The lowest BCUT2D eigenvalue weighted by molar-refractivity contribution is -0.686. The van der Waals surface area contributed by atoms with Gasteiger partial charge in [0.25, 0.3) is 0 Å². The molecule has 0 aliphatic heterocycles. The van der Waals surface area contributed by atoms with Gasteiger partial charge in [0, 0.05) is 5.56 Å². The first kappa shape index (κ1) is 11.0. The largest absolute Gasteiger partial charge is 0.302 e. The van der Waals surface area contributed by atoms with Crippen LogP contribution in [0.2, 0.25) is 0 Å². The summed E-state index contributed by atoms with van der Waals surface area (Å²) in [5.74, 6) is -0.0294. The van der Waals surface area contributed by atoms with Crippen molar-refractivity contribution in [3.05, 3.63) is 60.2 Å². The van der Waals surface area contributed by atoms with Gasteiger partial charge < -0.3 is 0 Å². The molecule has 0 aliphatic rings. The number of rotatable bonds is 3. The van der Waals surface area contributed by atoms with E-state index in [1.54, 1.807) is 29.1 Å². The van der Waals surface area contributed by atoms with Gasteiger partial charge >= 0.3 is 5.69 Å². The first-order valence-corrected chi connectivity index (χ1v) is 5.13. The molecule has 2 aromatic rings. The highest BCUT2D eigenvalue weighted by Crippen LogP contribution is 2.00. The lowest BCUT2D eigenvalue weighted by Gasteiger charge is -1.98. The number of hydrogen-bond donors (Lipinski definition) is 0. The van der Waals surface area contributed by atoms with Crippen LogP contribution in [-0.4, -0.2) is 10.8 Å². The maximum absolute atomic E-state index is 11.9. The summed E-state index contributed by atoms with van der Waals surface area (Å²) in [6.45, 7) is 0.148. The van der Waals surface area contributed by atoms with Crippen LogP contribution in [0.15, 0.2) is 48.9 Å². The summed E-state index contributed by atoms with van der Waals surface area (Å²) in [4.78, 5) is 15.8. The Hall–Kier alpha value is -2.54. The molecule has 0 unspecified atom stereocenters. The van der Waals surface area contributed by atoms with Gasteiger partial charge in [-0.2, -0.15) is 9.83 Å². The summed E-state index contributed by atoms with van der Waals surface area (Å²) in [5.41, 5.74) is 1.01. The molecule has 1 aromatic heterocycles. The maximum atomic E-state index is 11.9. The van der Waals surface area contributed by atoms with Crippen molar-refractivity contribution in [3.63, 3.8) is 0 Å². The van der Waals surface area contributed by atoms with Crippen molar-refractivity contribution in [2.24, 2.45) is 0 Å². The second-order valence-corrected chi connectivity index (χ2v) is 3.49. The predicted octanol–water partition coefficient (Wildman–Crippen LogP) is 1.12. The smallest absolute Gasteiger partial charge is 0.287 e. The Balaban J connectivity index is 2.23. The third-order valence-electron chi connectivity index (χ3n) is 2.36. The van der Waals surface area contributed by atoms with Crippen LogP contribution in [-0.2, 0) is 6.54 Å². The highest BCUT2D eigenvalue weighted by molar-refractivity contribution is 5.94. The van der Waals surface area contributed by atoms with Gasteiger partial charge in [0.05, 0.1) is 6.20 Å². The second kappa shape index (κ2) is 4.99. The zero-order chi connectivity index (χ0) is 12.1. The molecule has 4 nitrogen and oxygen atoms in total. The molecule has 0 saturated heterocycles. The van der Waals surface area contributed by atoms with E-state index in [2.05, 4.69) is 4.98 Å². The molecule has 0 aliphatic carbocycles. The molecule has 82 valence electrons. The Bertz CT molecular complexity index is 573. The van der Waals surface area contributed by atoms with Gasteiger partial charge in [0.2, 0.25) is 12.3 Å². The molecule has 0 spiro atoms. The Morgan fingerprint density at radius 3 is 2.82 bits per heavy atom. The van der Waals surface area contributed by atoms with Crippen molar-refractivity contribution in [2.45, 2.75) is 6.54 Å². The Morgan fingerprint density at radius 1 is 1.35 bits per heavy atom. The third-order valence-corrected chi connectivity index (χ3v) is 2.36. The minimum absolute atomic E-state index is 0.0294. The molecule has 0 atom stereocenters. The van der Waals surface area contributed by atoms with E-state index in [1.807, 2.05) is 24.3 Å². The standard InChI is InChI=1S/C13H10N3O/c14-8-12-9-15-6-7-16(12)10-13(17)11-4-2-1-3-5-11/h1-7,9H,10H2/q+1. The first-order valence-electron chi connectivity index (χ1n) is 5.13. The summed E-state index contributed by atoms with van der Waals surface area (Å²) in [6.07, 6.45) is 4.62. The fourth-order valence-corrected chi connectivity index (χ4v) is 1.49. The van der Waals surface area contributed by atoms with Crippen molar-refractivity contribution < 1.29 is 9.36 Å². The summed E-state index contributed by atoms with van der Waals surface area (Å²) < 4.78 is 1.59. The Kier molecular flexibility index (Phi) is 3.22. The molecular formula is C13H10N3O+. The maximum Gasteiger partial charge on any atom is 0.302 e. The van der Waals surface area contributed by atoms with Crippen LogP contribution in [0.5, 0.6) is 0 Å². The van der Waals surface area contributed by atoms with Crippen molar-refractivity contribution in [2.75, 3.05) is 0 Å². The normalized spacial score (nSPS) is 9.59. The number of benzene rings is 1. The van der Waals surface area contributed by atoms with Crippen molar-refractivity contribution in [1.29, 1.82) is 5.26 Å². The summed E-state index contributed by atoms with van der Waals surface area (Å²) in [7, 11) is 0. The van der Waals surface area contributed by atoms with E-state index in [4.69, 9.17) is 5.26 Å². The van der Waals surface area contributed by atoms with Gasteiger partial charge in [-0.3, -0.25) is 9.78 Å². The van der Waals surface area contributed by atoms with E-state index in [9.17, 15) is 4.79 Å². The van der Waals surface area contributed by atoms with Gasteiger partial charge in [-0.05, 0) is 0 Å². The molecule has 0 amide bonds. The van der Waals surface area contributed by atoms with Gasteiger partial charge in [-0.15, -0.1) is 0 Å². The van der Waals surface area contributed by atoms with E-state index in [-0.39, 0.29) is 12.3 Å². The van der Waals surface area contributed by atoms with E-state index >= 15 is 0 Å². The number of aromatic nitrogens is 2. The molecule has 0 saturated carbocycles. The SMILES string of the molecule is N#Cc1cncc[n+]1CC(=O)c1ccccc1. The molecule has 0 bridgehead atoms. The van der Waals surface area contributed by atoms with Crippen molar-refractivity contribution >= 4 is 5.78 Å².